The minimum absolute atomic E-state index is 0.778. The minimum atomic E-state index is 0.778. The van der Waals surface area contributed by atoms with Gasteiger partial charge in [-0.15, -0.1) is 0 Å². The first kappa shape index (κ1) is 9.71. The molecule has 1 aromatic rings. The first-order valence-corrected chi connectivity index (χ1v) is 5.39. The lowest BCUT2D eigenvalue weighted by molar-refractivity contribution is 0.356. The molecule has 1 aliphatic rings. The molecule has 3 nitrogen and oxygen atoms in total. The standard InChI is InChI=1S/C11H19N3/c1-8-11-5-4-10(6-12-3)7-14(11)9(2)13-8/h10,12H,4-7H2,1-3H3. The number of hydrogen-bond acceptors (Lipinski definition) is 2. The van der Waals surface area contributed by atoms with E-state index in [-0.39, 0.29) is 0 Å². The summed E-state index contributed by atoms with van der Waals surface area (Å²) < 4.78 is 2.39. The van der Waals surface area contributed by atoms with Crippen LogP contribution >= 0.6 is 0 Å². The molecule has 1 aromatic heterocycles. The third kappa shape index (κ3) is 1.57. The normalized spacial score (nSPS) is 20.9. The van der Waals surface area contributed by atoms with E-state index >= 15 is 0 Å². The van der Waals surface area contributed by atoms with Crippen LogP contribution in [0.25, 0.3) is 0 Å². The number of nitrogens with one attached hydrogen (secondary N) is 1. The van der Waals surface area contributed by atoms with Crippen molar-refractivity contribution >= 4 is 0 Å². The predicted octanol–water partition coefficient (Wildman–Crippen LogP) is 1.28. The Morgan fingerprint density at radius 3 is 3.00 bits per heavy atom. The highest BCUT2D eigenvalue weighted by molar-refractivity contribution is 5.17. The Bertz CT molecular complexity index is 328. The van der Waals surface area contributed by atoms with Gasteiger partial charge >= 0.3 is 0 Å². The van der Waals surface area contributed by atoms with Crippen LogP contribution in [-0.4, -0.2) is 23.1 Å². The molecule has 0 saturated heterocycles. The molecule has 3 heteroatoms. The summed E-state index contributed by atoms with van der Waals surface area (Å²) in [5.41, 5.74) is 2.68. The second-order valence-corrected chi connectivity index (χ2v) is 4.26. The molecule has 14 heavy (non-hydrogen) atoms. The van der Waals surface area contributed by atoms with E-state index in [1.807, 2.05) is 7.05 Å². The fourth-order valence-corrected chi connectivity index (χ4v) is 2.46. The maximum absolute atomic E-state index is 4.53. The molecule has 1 aliphatic heterocycles. The van der Waals surface area contributed by atoms with Gasteiger partial charge in [0.05, 0.1) is 5.69 Å². The maximum Gasteiger partial charge on any atom is 0.106 e. The van der Waals surface area contributed by atoms with Crippen LogP contribution in [0.4, 0.5) is 0 Å². The number of nitrogens with zero attached hydrogens (tertiary/aromatic N) is 2. The topological polar surface area (TPSA) is 29.9 Å². The summed E-state index contributed by atoms with van der Waals surface area (Å²) in [7, 11) is 2.03. The Kier molecular flexibility index (Phi) is 2.59. The average Bonchev–Trinajstić information content (AvgIpc) is 2.43. The molecule has 0 spiro atoms. The Balaban J connectivity index is 2.21. The summed E-state index contributed by atoms with van der Waals surface area (Å²) >= 11 is 0. The van der Waals surface area contributed by atoms with Gasteiger partial charge in [-0.05, 0) is 46.2 Å². The van der Waals surface area contributed by atoms with E-state index in [2.05, 4.69) is 28.7 Å². The summed E-state index contributed by atoms with van der Waals surface area (Å²) in [6.45, 7) is 6.49. The van der Waals surface area contributed by atoms with Gasteiger partial charge in [0.25, 0.3) is 0 Å². The summed E-state index contributed by atoms with van der Waals surface area (Å²) in [5.74, 6) is 1.96. The zero-order valence-electron chi connectivity index (χ0n) is 9.30. The Morgan fingerprint density at radius 1 is 1.50 bits per heavy atom. The van der Waals surface area contributed by atoms with Gasteiger partial charge in [0.15, 0.2) is 0 Å². The van der Waals surface area contributed by atoms with Crippen molar-refractivity contribution in [3.8, 4) is 0 Å². The summed E-state index contributed by atoms with van der Waals surface area (Å²) in [5, 5.41) is 3.26. The fraction of sp³-hybridized carbons (Fsp3) is 0.727. The molecular formula is C11H19N3. The molecule has 0 bridgehead atoms. The summed E-state index contributed by atoms with van der Waals surface area (Å²) in [6, 6.07) is 0. The zero-order valence-corrected chi connectivity index (χ0v) is 9.30. The average molecular weight is 193 g/mol. The predicted molar refractivity (Wildman–Crippen MR) is 57.4 cm³/mol. The number of hydrogen-bond donors (Lipinski definition) is 1. The molecular weight excluding hydrogens is 174 g/mol. The van der Waals surface area contributed by atoms with Gasteiger partial charge in [0, 0.05) is 12.2 Å². The van der Waals surface area contributed by atoms with Gasteiger partial charge in [-0.25, -0.2) is 4.98 Å². The van der Waals surface area contributed by atoms with E-state index in [4.69, 9.17) is 0 Å². The number of rotatable bonds is 2. The van der Waals surface area contributed by atoms with E-state index in [0.29, 0.717) is 0 Å². The second kappa shape index (κ2) is 3.73. The largest absolute Gasteiger partial charge is 0.332 e. The number of fused-ring (bicyclic) bond motifs is 1. The first-order chi connectivity index (χ1) is 6.72. The van der Waals surface area contributed by atoms with Crippen LogP contribution in [0, 0.1) is 19.8 Å². The zero-order chi connectivity index (χ0) is 10.1. The lowest BCUT2D eigenvalue weighted by Crippen LogP contribution is -2.28. The molecule has 0 radical (unpaired) electrons. The van der Waals surface area contributed by atoms with Crippen molar-refractivity contribution in [2.75, 3.05) is 13.6 Å². The molecule has 0 saturated carbocycles. The van der Waals surface area contributed by atoms with E-state index in [9.17, 15) is 0 Å². The van der Waals surface area contributed by atoms with Crippen LogP contribution in [-0.2, 0) is 13.0 Å². The Morgan fingerprint density at radius 2 is 2.29 bits per heavy atom. The molecule has 1 N–H and O–H groups in total. The Hall–Kier alpha value is -0.830. The molecule has 1 atom stereocenters. The van der Waals surface area contributed by atoms with E-state index in [1.165, 1.54) is 30.1 Å². The molecule has 1 unspecified atom stereocenters. The van der Waals surface area contributed by atoms with Crippen LogP contribution in [0.15, 0.2) is 0 Å². The number of aromatic nitrogens is 2. The van der Waals surface area contributed by atoms with Crippen LogP contribution < -0.4 is 5.32 Å². The second-order valence-electron chi connectivity index (χ2n) is 4.26. The molecule has 0 aromatic carbocycles. The van der Waals surface area contributed by atoms with Gasteiger partial charge in [0.2, 0.25) is 0 Å². The molecule has 0 amide bonds. The highest BCUT2D eigenvalue weighted by Crippen LogP contribution is 2.23. The van der Waals surface area contributed by atoms with Gasteiger partial charge in [-0.3, -0.25) is 0 Å². The molecule has 78 valence electrons. The quantitative estimate of drug-likeness (QED) is 0.767. The van der Waals surface area contributed by atoms with E-state index < -0.39 is 0 Å². The molecule has 0 fully saturated rings. The summed E-state index contributed by atoms with van der Waals surface area (Å²) in [6.07, 6.45) is 2.49. The van der Waals surface area contributed by atoms with Crippen LogP contribution in [0.3, 0.4) is 0 Å². The van der Waals surface area contributed by atoms with Crippen molar-refractivity contribution in [2.45, 2.75) is 33.2 Å². The van der Waals surface area contributed by atoms with Gasteiger partial charge in [0.1, 0.15) is 5.82 Å². The lowest BCUT2D eigenvalue weighted by Gasteiger charge is -2.25. The first-order valence-electron chi connectivity index (χ1n) is 5.39. The van der Waals surface area contributed by atoms with Crippen molar-refractivity contribution in [1.82, 2.24) is 14.9 Å². The highest BCUT2D eigenvalue weighted by atomic mass is 15.1. The van der Waals surface area contributed by atoms with Crippen molar-refractivity contribution in [3.05, 3.63) is 17.2 Å². The molecule has 2 heterocycles. The van der Waals surface area contributed by atoms with Gasteiger partial charge in [-0.2, -0.15) is 0 Å². The van der Waals surface area contributed by atoms with Gasteiger partial charge in [-0.1, -0.05) is 0 Å². The number of imidazole rings is 1. The van der Waals surface area contributed by atoms with Crippen LogP contribution in [0.1, 0.15) is 23.6 Å². The Labute approximate surface area is 85.5 Å². The molecule has 2 rings (SSSR count). The van der Waals surface area contributed by atoms with Crippen LogP contribution in [0.2, 0.25) is 0 Å². The third-order valence-electron chi connectivity index (χ3n) is 3.19. The van der Waals surface area contributed by atoms with Crippen LogP contribution in [0.5, 0.6) is 0 Å². The van der Waals surface area contributed by atoms with Crippen molar-refractivity contribution in [2.24, 2.45) is 5.92 Å². The SMILES string of the molecule is CNCC1CCc2c(C)nc(C)n2C1. The van der Waals surface area contributed by atoms with Gasteiger partial charge < -0.3 is 9.88 Å². The lowest BCUT2D eigenvalue weighted by atomic mass is 9.97. The van der Waals surface area contributed by atoms with Crippen molar-refractivity contribution in [1.29, 1.82) is 0 Å². The molecule has 0 aliphatic carbocycles. The highest BCUT2D eigenvalue weighted by Gasteiger charge is 2.21. The van der Waals surface area contributed by atoms with Crippen molar-refractivity contribution < 1.29 is 0 Å². The third-order valence-corrected chi connectivity index (χ3v) is 3.19. The fourth-order valence-electron chi connectivity index (χ4n) is 2.46. The monoisotopic (exact) mass is 193 g/mol. The minimum Gasteiger partial charge on any atom is -0.332 e. The smallest absolute Gasteiger partial charge is 0.106 e. The van der Waals surface area contributed by atoms with Crippen molar-refractivity contribution in [3.63, 3.8) is 0 Å². The maximum atomic E-state index is 4.53. The van der Waals surface area contributed by atoms with E-state index in [1.54, 1.807) is 0 Å². The number of aryl methyl sites for hydroxylation is 2. The van der Waals surface area contributed by atoms with E-state index in [0.717, 1.165) is 19.0 Å². The summed E-state index contributed by atoms with van der Waals surface area (Å²) in [4.78, 5) is 4.53.